The van der Waals surface area contributed by atoms with E-state index in [1.54, 1.807) is 18.2 Å². The summed E-state index contributed by atoms with van der Waals surface area (Å²) in [7, 11) is 0. The van der Waals surface area contributed by atoms with Crippen molar-refractivity contribution >= 4 is 17.4 Å². The third-order valence-electron chi connectivity index (χ3n) is 2.54. The number of hydrogen-bond donors (Lipinski definition) is 3. The first-order valence-corrected chi connectivity index (χ1v) is 5.63. The molecule has 0 aliphatic carbocycles. The van der Waals surface area contributed by atoms with E-state index in [-0.39, 0.29) is 18.9 Å². The molecule has 96 valence electrons. The van der Waals surface area contributed by atoms with Crippen LogP contribution in [0.1, 0.15) is 10.4 Å². The first kappa shape index (κ1) is 12.4. The molecular weight excluding hydrogens is 236 g/mol. The SMILES string of the molecule is O=C(O)CNCC(=O)c1ccc2c(c1)NCCO2. The molecule has 0 spiro atoms. The van der Waals surface area contributed by atoms with E-state index in [9.17, 15) is 9.59 Å². The minimum atomic E-state index is -0.983. The Morgan fingerprint density at radius 3 is 3.00 bits per heavy atom. The summed E-state index contributed by atoms with van der Waals surface area (Å²) in [5.41, 5.74) is 1.33. The molecule has 6 nitrogen and oxygen atoms in total. The Bertz CT molecular complexity index is 473. The van der Waals surface area contributed by atoms with E-state index in [1.807, 2.05) is 0 Å². The van der Waals surface area contributed by atoms with Crippen molar-refractivity contribution in [1.29, 1.82) is 0 Å². The average Bonchev–Trinajstić information content (AvgIpc) is 2.37. The summed E-state index contributed by atoms with van der Waals surface area (Å²) in [5.74, 6) is -0.397. The molecule has 3 N–H and O–H groups in total. The highest BCUT2D eigenvalue weighted by molar-refractivity contribution is 5.99. The normalized spacial score (nSPS) is 13.1. The summed E-state index contributed by atoms with van der Waals surface area (Å²) in [6, 6.07) is 5.14. The Morgan fingerprint density at radius 1 is 1.39 bits per heavy atom. The van der Waals surface area contributed by atoms with Gasteiger partial charge in [0.25, 0.3) is 0 Å². The van der Waals surface area contributed by atoms with Crippen LogP contribution in [0.4, 0.5) is 5.69 Å². The standard InChI is InChI=1S/C12H14N2O4/c15-10(6-13-7-12(16)17)8-1-2-11-9(5-8)14-3-4-18-11/h1-2,5,13-14H,3-4,6-7H2,(H,16,17). The second-order valence-corrected chi connectivity index (χ2v) is 3.91. The topological polar surface area (TPSA) is 87.7 Å². The number of anilines is 1. The lowest BCUT2D eigenvalue weighted by Crippen LogP contribution is -2.28. The highest BCUT2D eigenvalue weighted by Crippen LogP contribution is 2.27. The number of hydrogen-bond acceptors (Lipinski definition) is 5. The smallest absolute Gasteiger partial charge is 0.317 e. The molecule has 0 saturated carbocycles. The summed E-state index contributed by atoms with van der Waals surface area (Å²) in [6.07, 6.45) is 0. The molecule has 0 radical (unpaired) electrons. The lowest BCUT2D eigenvalue weighted by Gasteiger charge is -2.19. The molecule has 1 aromatic carbocycles. The van der Waals surface area contributed by atoms with Crippen molar-refractivity contribution in [1.82, 2.24) is 5.32 Å². The van der Waals surface area contributed by atoms with Crippen LogP contribution in [0, 0.1) is 0 Å². The van der Waals surface area contributed by atoms with E-state index in [2.05, 4.69) is 10.6 Å². The largest absolute Gasteiger partial charge is 0.490 e. The molecule has 1 heterocycles. The molecule has 0 unspecified atom stereocenters. The number of nitrogens with one attached hydrogen (secondary N) is 2. The predicted octanol–water partition coefficient (Wildman–Crippen LogP) is 0.348. The third-order valence-corrected chi connectivity index (χ3v) is 2.54. The van der Waals surface area contributed by atoms with Gasteiger partial charge in [0, 0.05) is 12.1 Å². The van der Waals surface area contributed by atoms with E-state index in [1.165, 1.54) is 0 Å². The van der Waals surface area contributed by atoms with E-state index < -0.39 is 5.97 Å². The highest BCUT2D eigenvalue weighted by Gasteiger charge is 2.13. The van der Waals surface area contributed by atoms with Crippen LogP contribution in [0.3, 0.4) is 0 Å². The van der Waals surface area contributed by atoms with Crippen LogP contribution in [0.5, 0.6) is 5.75 Å². The maximum absolute atomic E-state index is 11.8. The van der Waals surface area contributed by atoms with E-state index in [0.717, 1.165) is 11.4 Å². The lowest BCUT2D eigenvalue weighted by molar-refractivity contribution is -0.135. The Labute approximate surface area is 104 Å². The van der Waals surface area contributed by atoms with Crippen molar-refractivity contribution in [2.45, 2.75) is 0 Å². The molecule has 0 fully saturated rings. The van der Waals surface area contributed by atoms with Gasteiger partial charge in [-0.3, -0.25) is 14.9 Å². The molecule has 0 bridgehead atoms. The number of carboxylic acid groups (broad SMARTS) is 1. The molecule has 0 saturated heterocycles. The molecule has 0 aromatic heterocycles. The molecule has 1 aliphatic rings. The quantitative estimate of drug-likeness (QED) is 0.653. The fourth-order valence-electron chi connectivity index (χ4n) is 1.70. The van der Waals surface area contributed by atoms with Gasteiger partial charge in [0.15, 0.2) is 5.78 Å². The van der Waals surface area contributed by atoms with Crippen LogP contribution >= 0.6 is 0 Å². The van der Waals surface area contributed by atoms with E-state index >= 15 is 0 Å². The van der Waals surface area contributed by atoms with Gasteiger partial charge in [-0.2, -0.15) is 0 Å². The Balaban J connectivity index is 2.00. The average molecular weight is 250 g/mol. The second-order valence-electron chi connectivity index (χ2n) is 3.91. The van der Waals surface area contributed by atoms with Crippen LogP contribution < -0.4 is 15.4 Å². The molecule has 0 amide bonds. The van der Waals surface area contributed by atoms with E-state index in [4.69, 9.17) is 9.84 Å². The monoisotopic (exact) mass is 250 g/mol. The zero-order chi connectivity index (χ0) is 13.0. The number of fused-ring (bicyclic) bond motifs is 1. The van der Waals surface area contributed by atoms with Crippen molar-refractivity contribution < 1.29 is 19.4 Å². The van der Waals surface area contributed by atoms with Gasteiger partial charge in [-0.15, -0.1) is 0 Å². The van der Waals surface area contributed by atoms with Crippen molar-refractivity contribution in [2.24, 2.45) is 0 Å². The van der Waals surface area contributed by atoms with Crippen molar-refractivity contribution in [3.63, 3.8) is 0 Å². The lowest BCUT2D eigenvalue weighted by atomic mass is 10.1. The Hall–Kier alpha value is -2.08. The first-order chi connectivity index (χ1) is 8.66. The van der Waals surface area contributed by atoms with Crippen LogP contribution in [0.15, 0.2) is 18.2 Å². The van der Waals surface area contributed by atoms with Crippen LogP contribution in [-0.2, 0) is 4.79 Å². The van der Waals surface area contributed by atoms with Gasteiger partial charge < -0.3 is 15.2 Å². The van der Waals surface area contributed by atoms with Crippen molar-refractivity contribution in [2.75, 3.05) is 31.6 Å². The molecule has 0 atom stereocenters. The number of ether oxygens (including phenoxy) is 1. The summed E-state index contributed by atoms with van der Waals surface area (Å²) >= 11 is 0. The van der Waals surface area contributed by atoms with Gasteiger partial charge in [-0.25, -0.2) is 0 Å². The molecule has 18 heavy (non-hydrogen) atoms. The number of Topliss-reactive ketones (excluding diaryl/α,β-unsaturated/α-hetero) is 1. The van der Waals surface area contributed by atoms with Gasteiger partial charge in [0.1, 0.15) is 12.4 Å². The number of aliphatic carboxylic acids is 1. The van der Waals surface area contributed by atoms with Gasteiger partial charge in [-0.05, 0) is 18.2 Å². The van der Waals surface area contributed by atoms with Gasteiger partial charge >= 0.3 is 5.97 Å². The summed E-state index contributed by atoms with van der Waals surface area (Å²) < 4.78 is 5.40. The molecular formula is C12H14N2O4. The van der Waals surface area contributed by atoms with Crippen molar-refractivity contribution in [3.05, 3.63) is 23.8 Å². The minimum Gasteiger partial charge on any atom is -0.490 e. The maximum Gasteiger partial charge on any atom is 0.317 e. The second kappa shape index (κ2) is 5.50. The van der Waals surface area contributed by atoms with Gasteiger partial charge in [-0.1, -0.05) is 0 Å². The molecule has 1 aliphatic heterocycles. The highest BCUT2D eigenvalue weighted by atomic mass is 16.5. The zero-order valence-electron chi connectivity index (χ0n) is 9.73. The summed E-state index contributed by atoms with van der Waals surface area (Å²) in [6.45, 7) is 1.10. The fraction of sp³-hybridized carbons (Fsp3) is 0.333. The fourth-order valence-corrected chi connectivity index (χ4v) is 1.70. The zero-order valence-corrected chi connectivity index (χ0v) is 9.73. The van der Waals surface area contributed by atoms with Gasteiger partial charge in [0.2, 0.25) is 0 Å². The van der Waals surface area contributed by atoms with Crippen LogP contribution in [0.25, 0.3) is 0 Å². The van der Waals surface area contributed by atoms with E-state index in [0.29, 0.717) is 18.7 Å². The molecule has 1 aromatic rings. The molecule has 6 heteroatoms. The van der Waals surface area contributed by atoms with Crippen LogP contribution in [-0.4, -0.2) is 43.1 Å². The number of ketones is 1. The Kier molecular flexibility index (Phi) is 3.78. The number of carbonyl (C=O) groups excluding carboxylic acids is 1. The number of carbonyl (C=O) groups is 2. The maximum atomic E-state index is 11.8. The Morgan fingerprint density at radius 2 is 2.22 bits per heavy atom. The summed E-state index contributed by atoms with van der Waals surface area (Å²) in [4.78, 5) is 22.1. The number of benzene rings is 1. The van der Waals surface area contributed by atoms with Gasteiger partial charge in [0.05, 0.1) is 18.8 Å². The summed E-state index contributed by atoms with van der Waals surface area (Å²) in [5, 5.41) is 14.2. The number of rotatable bonds is 5. The van der Waals surface area contributed by atoms with Crippen LogP contribution in [0.2, 0.25) is 0 Å². The number of carboxylic acids is 1. The first-order valence-electron chi connectivity index (χ1n) is 5.63. The van der Waals surface area contributed by atoms with Crippen molar-refractivity contribution in [3.8, 4) is 5.75 Å². The third kappa shape index (κ3) is 2.98. The predicted molar refractivity (Wildman–Crippen MR) is 65.3 cm³/mol. The molecule has 2 rings (SSSR count). The minimum absolute atomic E-state index is 0.00590.